The highest BCUT2D eigenvalue weighted by Crippen LogP contribution is 2.26. The van der Waals surface area contributed by atoms with Crippen molar-refractivity contribution in [1.29, 1.82) is 0 Å². The summed E-state index contributed by atoms with van der Waals surface area (Å²) >= 11 is 0. The molecule has 0 aliphatic carbocycles. The van der Waals surface area contributed by atoms with Gasteiger partial charge in [0.05, 0.1) is 10.6 Å². The Balaban J connectivity index is 2.47. The first kappa shape index (κ1) is 13.2. The van der Waals surface area contributed by atoms with Gasteiger partial charge >= 0.3 is 0 Å². The molecule has 4 nitrogen and oxygen atoms in total. The molecule has 0 atom stereocenters. The molecule has 0 bridgehead atoms. The van der Waals surface area contributed by atoms with Crippen LogP contribution in [0.1, 0.15) is 30.9 Å². The van der Waals surface area contributed by atoms with Crippen molar-refractivity contribution >= 4 is 5.69 Å². The Labute approximate surface area is 112 Å². The van der Waals surface area contributed by atoms with Crippen LogP contribution in [0.3, 0.4) is 0 Å². The molecule has 19 heavy (non-hydrogen) atoms. The van der Waals surface area contributed by atoms with E-state index in [9.17, 15) is 10.1 Å². The molecule has 2 aromatic rings. The molecular weight excluding hydrogens is 240 g/mol. The number of pyridine rings is 1. The van der Waals surface area contributed by atoms with Crippen LogP contribution in [-0.2, 0) is 0 Å². The van der Waals surface area contributed by atoms with Gasteiger partial charge in [0.25, 0.3) is 5.69 Å². The molecule has 0 spiro atoms. The number of aryl methyl sites for hydroxylation is 1. The fourth-order valence-electron chi connectivity index (χ4n) is 2.01. The SMILES string of the molecule is Cc1cc([N+](=O)[O-])cnc1-c1cccc(C(C)C)c1. The molecule has 0 radical (unpaired) electrons. The number of aromatic nitrogens is 1. The van der Waals surface area contributed by atoms with Gasteiger partial charge in [0.15, 0.2) is 0 Å². The van der Waals surface area contributed by atoms with Crippen molar-refractivity contribution in [2.75, 3.05) is 0 Å². The zero-order valence-electron chi connectivity index (χ0n) is 11.3. The molecule has 0 amide bonds. The Morgan fingerprint density at radius 2 is 2.00 bits per heavy atom. The second kappa shape index (κ2) is 5.18. The molecule has 0 fully saturated rings. The lowest BCUT2D eigenvalue weighted by Crippen LogP contribution is -1.95. The van der Waals surface area contributed by atoms with E-state index in [1.807, 2.05) is 19.1 Å². The van der Waals surface area contributed by atoms with Crippen LogP contribution in [0.4, 0.5) is 5.69 Å². The van der Waals surface area contributed by atoms with Gasteiger partial charge in [0, 0.05) is 11.6 Å². The molecule has 4 heteroatoms. The lowest BCUT2D eigenvalue weighted by atomic mass is 9.98. The third kappa shape index (κ3) is 2.78. The largest absolute Gasteiger partial charge is 0.287 e. The zero-order chi connectivity index (χ0) is 14.0. The first-order valence-corrected chi connectivity index (χ1v) is 6.20. The summed E-state index contributed by atoms with van der Waals surface area (Å²) in [6.45, 7) is 6.11. The number of rotatable bonds is 3. The van der Waals surface area contributed by atoms with Gasteiger partial charge in [-0.25, -0.2) is 4.98 Å². The average Bonchev–Trinajstić information content (AvgIpc) is 2.38. The van der Waals surface area contributed by atoms with Crippen LogP contribution in [-0.4, -0.2) is 9.91 Å². The van der Waals surface area contributed by atoms with Crippen molar-refractivity contribution in [3.63, 3.8) is 0 Å². The van der Waals surface area contributed by atoms with E-state index in [4.69, 9.17) is 0 Å². The van der Waals surface area contributed by atoms with E-state index in [0.717, 1.165) is 16.8 Å². The molecule has 0 aliphatic rings. The topological polar surface area (TPSA) is 56.0 Å². The van der Waals surface area contributed by atoms with Crippen LogP contribution in [0.25, 0.3) is 11.3 Å². The molecule has 0 saturated heterocycles. The normalized spacial score (nSPS) is 10.7. The summed E-state index contributed by atoms with van der Waals surface area (Å²) in [5.74, 6) is 0.443. The summed E-state index contributed by atoms with van der Waals surface area (Å²) in [7, 11) is 0. The highest BCUT2D eigenvalue weighted by atomic mass is 16.6. The predicted octanol–water partition coefficient (Wildman–Crippen LogP) is 4.09. The highest BCUT2D eigenvalue weighted by Gasteiger charge is 2.11. The number of nitro groups is 1. The monoisotopic (exact) mass is 256 g/mol. The quantitative estimate of drug-likeness (QED) is 0.614. The summed E-state index contributed by atoms with van der Waals surface area (Å²) in [5, 5.41) is 10.7. The standard InChI is InChI=1S/C15H16N2O2/c1-10(2)12-5-4-6-13(8-12)15-11(3)7-14(9-16-15)17(18)19/h4-10H,1-3H3. The summed E-state index contributed by atoms with van der Waals surface area (Å²) in [4.78, 5) is 14.5. The van der Waals surface area contributed by atoms with Gasteiger partial charge < -0.3 is 0 Å². The second-order valence-electron chi connectivity index (χ2n) is 4.90. The minimum Gasteiger partial charge on any atom is -0.258 e. The lowest BCUT2D eigenvalue weighted by molar-refractivity contribution is -0.385. The van der Waals surface area contributed by atoms with Crippen molar-refractivity contribution in [2.24, 2.45) is 0 Å². The van der Waals surface area contributed by atoms with Crippen molar-refractivity contribution < 1.29 is 4.92 Å². The van der Waals surface area contributed by atoms with Crippen molar-refractivity contribution in [2.45, 2.75) is 26.7 Å². The summed E-state index contributed by atoms with van der Waals surface area (Å²) in [6, 6.07) is 9.70. The van der Waals surface area contributed by atoms with E-state index in [0.29, 0.717) is 5.92 Å². The Kier molecular flexibility index (Phi) is 3.60. The predicted molar refractivity (Wildman–Crippen MR) is 75.2 cm³/mol. The summed E-state index contributed by atoms with van der Waals surface area (Å²) < 4.78 is 0. The molecule has 0 N–H and O–H groups in total. The van der Waals surface area contributed by atoms with Gasteiger partial charge in [-0.15, -0.1) is 0 Å². The fourth-order valence-corrected chi connectivity index (χ4v) is 2.01. The molecule has 0 saturated carbocycles. The smallest absolute Gasteiger partial charge is 0.258 e. The number of nitrogens with zero attached hydrogens (tertiary/aromatic N) is 2. The van der Waals surface area contributed by atoms with E-state index in [2.05, 4.69) is 31.0 Å². The first-order chi connectivity index (χ1) is 8.99. The van der Waals surface area contributed by atoms with Crippen LogP contribution in [0, 0.1) is 17.0 Å². The summed E-state index contributed by atoms with van der Waals surface area (Å²) in [6.07, 6.45) is 1.31. The highest BCUT2D eigenvalue weighted by molar-refractivity contribution is 5.65. The zero-order valence-corrected chi connectivity index (χ0v) is 11.3. The maximum absolute atomic E-state index is 10.7. The van der Waals surface area contributed by atoms with Crippen LogP contribution in [0.5, 0.6) is 0 Å². The Hall–Kier alpha value is -2.23. The van der Waals surface area contributed by atoms with Crippen LogP contribution in [0.15, 0.2) is 36.5 Å². The molecule has 98 valence electrons. The molecule has 2 rings (SSSR count). The van der Waals surface area contributed by atoms with Gasteiger partial charge in [-0.1, -0.05) is 32.0 Å². The molecule has 1 aromatic carbocycles. The van der Waals surface area contributed by atoms with Gasteiger partial charge in [-0.3, -0.25) is 10.1 Å². The first-order valence-electron chi connectivity index (χ1n) is 6.20. The van der Waals surface area contributed by atoms with E-state index >= 15 is 0 Å². The van der Waals surface area contributed by atoms with E-state index in [1.165, 1.54) is 11.8 Å². The minimum absolute atomic E-state index is 0.0289. The minimum atomic E-state index is -0.422. The molecule has 0 aliphatic heterocycles. The molecule has 1 aromatic heterocycles. The maximum Gasteiger partial charge on any atom is 0.287 e. The van der Waals surface area contributed by atoms with Crippen molar-refractivity contribution in [3.8, 4) is 11.3 Å². The van der Waals surface area contributed by atoms with Crippen LogP contribution >= 0.6 is 0 Å². The number of hydrogen-bond acceptors (Lipinski definition) is 3. The van der Waals surface area contributed by atoms with Crippen molar-refractivity contribution in [1.82, 2.24) is 4.98 Å². The number of benzene rings is 1. The Morgan fingerprint density at radius 3 is 2.58 bits per heavy atom. The van der Waals surface area contributed by atoms with Gasteiger partial charge in [-0.05, 0) is 30.0 Å². The van der Waals surface area contributed by atoms with Crippen LogP contribution < -0.4 is 0 Å². The molecular formula is C15H16N2O2. The molecule has 0 unspecified atom stereocenters. The van der Waals surface area contributed by atoms with Gasteiger partial charge in [-0.2, -0.15) is 0 Å². The van der Waals surface area contributed by atoms with E-state index in [1.54, 1.807) is 6.07 Å². The molecule has 1 heterocycles. The third-order valence-corrected chi connectivity index (χ3v) is 3.10. The average molecular weight is 256 g/mol. The van der Waals surface area contributed by atoms with E-state index in [-0.39, 0.29) is 5.69 Å². The van der Waals surface area contributed by atoms with Crippen LogP contribution in [0.2, 0.25) is 0 Å². The Morgan fingerprint density at radius 1 is 1.26 bits per heavy atom. The summed E-state index contributed by atoms with van der Waals surface area (Å²) in [5.41, 5.74) is 3.88. The number of hydrogen-bond donors (Lipinski definition) is 0. The maximum atomic E-state index is 10.7. The van der Waals surface area contributed by atoms with E-state index < -0.39 is 4.92 Å². The third-order valence-electron chi connectivity index (χ3n) is 3.10. The van der Waals surface area contributed by atoms with Gasteiger partial charge in [0.1, 0.15) is 6.20 Å². The fraction of sp³-hybridized carbons (Fsp3) is 0.267. The Bertz CT molecular complexity index is 621. The van der Waals surface area contributed by atoms with Gasteiger partial charge in [0.2, 0.25) is 0 Å². The lowest BCUT2D eigenvalue weighted by Gasteiger charge is -2.09. The second-order valence-corrected chi connectivity index (χ2v) is 4.90. The van der Waals surface area contributed by atoms with Crippen molar-refractivity contribution in [3.05, 3.63) is 57.8 Å².